The fraction of sp³-hybridized carbons (Fsp3) is 0.833. The Bertz CT molecular complexity index is 602. The number of hydrogen-bond acceptors (Lipinski definition) is 9. The number of aliphatic hydroxyl groups is 3. The van der Waals surface area contributed by atoms with Gasteiger partial charge in [0.1, 0.15) is 31.5 Å². The summed E-state index contributed by atoms with van der Waals surface area (Å²) in [7, 11) is 0. The summed E-state index contributed by atoms with van der Waals surface area (Å²) >= 11 is 0. The van der Waals surface area contributed by atoms with E-state index in [9.17, 15) is 29.7 Å². The Morgan fingerprint density at radius 2 is 1.60 bits per heavy atom. The van der Waals surface area contributed by atoms with E-state index < -0.39 is 54.2 Å². The Morgan fingerprint density at radius 3 is 2.10 bits per heavy atom. The van der Waals surface area contributed by atoms with Crippen LogP contribution in [0.4, 0.5) is 9.59 Å². The monoisotopic (exact) mass is 436 g/mol. The van der Waals surface area contributed by atoms with Crippen molar-refractivity contribution in [1.82, 2.24) is 10.6 Å². The van der Waals surface area contributed by atoms with E-state index in [1.165, 1.54) is 0 Å². The molecule has 0 aliphatic carbocycles. The minimum absolute atomic E-state index is 0.0127. The summed E-state index contributed by atoms with van der Waals surface area (Å²) < 4.78 is 15.3. The Labute approximate surface area is 174 Å². The molecule has 0 spiro atoms. The van der Waals surface area contributed by atoms with Crippen molar-refractivity contribution in [2.24, 2.45) is 5.41 Å². The molecular weight excluding hydrogens is 404 g/mol. The van der Waals surface area contributed by atoms with E-state index in [1.54, 1.807) is 20.8 Å². The van der Waals surface area contributed by atoms with E-state index in [-0.39, 0.29) is 19.3 Å². The summed E-state index contributed by atoms with van der Waals surface area (Å²) in [5.41, 5.74) is -0.689. The van der Waals surface area contributed by atoms with Crippen LogP contribution in [0.1, 0.15) is 40.5 Å². The average Bonchev–Trinajstić information content (AvgIpc) is 2.65. The first-order valence-electron chi connectivity index (χ1n) is 9.69. The van der Waals surface area contributed by atoms with Gasteiger partial charge in [-0.05, 0) is 20.3 Å². The van der Waals surface area contributed by atoms with E-state index in [4.69, 9.17) is 19.3 Å². The highest BCUT2D eigenvalue weighted by Gasteiger charge is 2.47. The van der Waals surface area contributed by atoms with Crippen molar-refractivity contribution in [3.63, 3.8) is 0 Å². The largest absolute Gasteiger partial charge is 0.479 e. The second kappa shape index (κ2) is 11.3. The number of nitrogens with one attached hydrogen (secondary N) is 2. The molecular formula is C18H32N2O10. The number of carbonyl (C=O) groups excluding carboxylic acids is 2. The van der Waals surface area contributed by atoms with Gasteiger partial charge in [-0.2, -0.15) is 0 Å². The molecule has 1 fully saturated rings. The van der Waals surface area contributed by atoms with Crippen LogP contribution in [0.25, 0.3) is 0 Å². The van der Waals surface area contributed by atoms with Gasteiger partial charge in [-0.3, -0.25) is 5.32 Å². The van der Waals surface area contributed by atoms with Crippen molar-refractivity contribution in [3.05, 3.63) is 0 Å². The molecule has 2 amide bonds. The van der Waals surface area contributed by atoms with Crippen molar-refractivity contribution in [3.8, 4) is 0 Å². The molecule has 3 unspecified atom stereocenters. The highest BCUT2D eigenvalue weighted by molar-refractivity contribution is 5.73. The molecule has 0 saturated carbocycles. The molecule has 0 radical (unpaired) electrons. The Kier molecular flexibility index (Phi) is 9.75. The van der Waals surface area contributed by atoms with E-state index in [0.29, 0.717) is 6.42 Å². The number of alkyl carbamates (subject to hydrolysis) is 2. The predicted octanol–water partition coefficient (Wildman–Crippen LogP) is -0.454. The van der Waals surface area contributed by atoms with E-state index in [0.717, 1.165) is 6.42 Å². The van der Waals surface area contributed by atoms with Gasteiger partial charge in [0, 0.05) is 11.5 Å². The van der Waals surface area contributed by atoms with E-state index in [2.05, 4.69) is 10.6 Å². The first kappa shape index (κ1) is 25.9. The Morgan fingerprint density at radius 1 is 1.03 bits per heavy atom. The maximum absolute atomic E-state index is 12.1. The lowest BCUT2D eigenvalue weighted by Crippen LogP contribution is -2.64. The van der Waals surface area contributed by atoms with Crippen molar-refractivity contribution in [2.45, 2.75) is 77.2 Å². The van der Waals surface area contributed by atoms with Crippen LogP contribution in [0.15, 0.2) is 0 Å². The summed E-state index contributed by atoms with van der Waals surface area (Å²) in [5, 5.41) is 43.1. The molecule has 30 heavy (non-hydrogen) atoms. The fourth-order valence-electron chi connectivity index (χ4n) is 2.91. The summed E-state index contributed by atoms with van der Waals surface area (Å²) in [4.78, 5) is 34.9. The smallest absolute Gasteiger partial charge is 0.409 e. The van der Waals surface area contributed by atoms with Gasteiger partial charge in [-0.25, -0.2) is 14.4 Å². The zero-order valence-electron chi connectivity index (χ0n) is 17.5. The van der Waals surface area contributed by atoms with E-state index in [1.807, 2.05) is 6.92 Å². The highest BCUT2D eigenvalue weighted by Crippen LogP contribution is 2.25. The van der Waals surface area contributed by atoms with Gasteiger partial charge in [-0.1, -0.05) is 20.3 Å². The van der Waals surface area contributed by atoms with Gasteiger partial charge in [0.05, 0.1) is 0 Å². The van der Waals surface area contributed by atoms with Crippen LogP contribution in [0.2, 0.25) is 0 Å². The molecule has 12 nitrogen and oxygen atoms in total. The molecule has 12 heteroatoms. The third-order valence-corrected chi connectivity index (χ3v) is 4.48. The highest BCUT2D eigenvalue weighted by atomic mass is 16.6. The molecule has 1 rings (SSSR count). The molecule has 174 valence electrons. The summed E-state index contributed by atoms with van der Waals surface area (Å²) in [6, 6.07) is -0.0950. The van der Waals surface area contributed by atoms with Crippen LogP contribution in [0.3, 0.4) is 0 Å². The minimum atomic E-state index is -1.87. The summed E-state index contributed by atoms with van der Waals surface area (Å²) in [5.74, 6) is -1.57. The SMILES string of the molecule is CCCC(C)(COC(=O)NC(C)C)COC(=O)N[C@@H]1O[C@H](C(=O)O)[C@@H](O)C(O)C1O. The van der Waals surface area contributed by atoms with Crippen LogP contribution in [0, 0.1) is 5.41 Å². The zero-order chi connectivity index (χ0) is 23.1. The number of aliphatic hydroxyl groups excluding tert-OH is 3. The molecule has 0 aromatic rings. The summed E-state index contributed by atoms with van der Waals surface area (Å²) in [6.45, 7) is 7.09. The minimum Gasteiger partial charge on any atom is -0.479 e. The van der Waals surface area contributed by atoms with Gasteiger partial charge >= 0.3 is 18.2 Å². The molecule has 6 N–H and O–H groups in total. The van der Waals surface area contributed by atoms with Gasteiger partial charge in [0.2, 0.25) is 0 Å². The number of amides is 2. The van der Waals surface area contributed by atoms with Crippen molar-refractivity contribution < 1.29 is 49.0 Å². The average molecular weight is 436 g/mol. The molecule has 1 saturated heterocycles. The number of carboxylic acids is 1. The van der Waals surface area contributed by atoms with Crippen LogP contribution in [-0.2, 0) is 19.0 Å². The second-order valence-corrected chi connectivity index (χ2v) is 7.94. The van der Waals surface area contributed by atoms with Gasteiger partial charge < -0.3 is 40.0 Å². The first-order valence-corrected chi connectivity index (χ1v) is 9.69. The predicted molar refractivity (Wildman–Crippen MR) is 101 cm³/mol. The third-order valence-electron chi connectivity index (χ3n) is 4.48. The second-order valence-electron chi connectivity index (χ2n) is 7.94. The van der Waals surface area contributed by atoms with Crippen LogP contribution in [-0.4, -0.2) is 88.5 Å². The lowest BCUT2D eigenvalue weighted by molar-refractivity contribution is -0.232. The normalized spacial score (nSPS) is 28.3. The molecule has 6 atom stereocenters. The maximum atomic E-state index is 12.1. The topological polar surface area (TPSA) is 184 Å². The van der Waals surface area contributed by atoms with Crippen molar-refractivity contribution in [2.75, 3.05) is 13.2 Å². The number of rotatable bonds is 9. The first-order chi connectivity index (χ1) is 13.9. The third kappa shape index (κ3) is 7.59. The van der Waals surface area contributed by atoms with Crippen LogP contribution < -0.4 is 10.6 Å². The Hall–Kier alpha value is -2.15. The van der Waals surface area contributed by atoms with E-state index >= 15 is 0 Å². The van der Waals surface area contributed by atoms with Gasteiger partial charge in [0.25, 0.3) is 0 Å². The summed E-state index contributed by atoms with van der Waals surface area (Å²) in [6.07, 6.45) is -9.27. The fourth-order valence-corrected chi connectivity index (χ4v) is 2.91. The van der Waals surface area contributed by atoms with Crippen LogP contribution in [0.5, 0.6) is 0 Å². The van der Waals surface area contributed by atoms with Crippen molar-refractivity contribution >= 4 is 18.2 Å². The number of ether oxygens (including phenoxy) is 3. The number of carbonyl (C=O) groups is 3. The number of aliphatic carboxylic acids is 1. The Balaban J connectivity index is 2.64. The molecule has 1 aliphatic rings. The molecule has 0 aromatic heterocycles. The molecule has 0 bridgehead atoms. The van der Waals surface area contributed by atoms with Gasteiger partial charge in [-0.15, -0.1) is 0 Å². The molecule has 0 aromatic carbocycles. The van der Waals surface area contributed by atoms with Gasteiger partial charge in [0.15, 0.2) is 12.3 Å². The molecule has 1 aliphatic heterocycles. The molecule has 1 heterocycles. The number of hydrogen-bond donors (Lipinski definition) is 6. The lowest BCUT2D eigenvalue weighted by Gasteiger charge is -2.38. The van der Waals surface area contributed by atoms with Crippen LogP contribution >= 0.6 is 0 Å². The maximum Gasteiger partial charge on any atom is 0.409 e. The van der Waals surface area contributed by atoms with Crippen molar-refractivity contribution in [1.29, 1.82) is 0 Å². The lowest BCUT2D eigenvalue weighted by atomic mass is 9.87. The zero-order valence-corrected chi connectivity index (χ0v) is 17.5. The quantitative estimate of drug-likeness (QED) is 0.276. The standard InChI is InChI=1S/C18H32N2O10/c1-5-6-18(4,7-28-16(26)19-9(2)3)8-29-17(27)20-14-12(23)10(21)11(22)13(30-14)15(24)25/h9-14,21-23H,5-8H2,1-4H3,(H,19,26)(H,20,27)(H,24,25)/t10?,11-,12?,13-,14+,18?/m0/s1. The number of carboxylic acid groups (broad SMARTS) is 1.